The highest BCUT2D eigenvalue weighted by Gasteiger charge is 2.16. The third-order valence-corrected chi connectivity index (χ3v) is 6.11. The van der Waals surface area contributed by atoms with Crippen LogP contribution in [0.15, 0.2) is 18.2 Å². The van der Waals surface area contributed by atoms with Gasteiger partial charge in [0.2, 0.25) is 0 Å². The van der Waals surface area contributed by atoms with Gasteiger partial charge >= 0.3 is 0 Å². The van der Waals surface area contributed by atoms with Crippen LogP contribution in [0.4, 0.5) is 5.69 Å². The van der Waals surface area contributed by atoms with Gasteiger partial charge in [0, 0.05) is 35.6 Å². The van der Waals surface area contributed by atoms with Gasteiger partial charge in [-0.2, -0.15) is 23.5 Å². The predicted molar refractivity (Wildman–Crippen MR) is 85.8 cm³/mol. The fourth-order valence-electron chi connectivity index (χ4n) is 2.27. The molecular formula is C14H18N2O2S2. The predicted octanol–water partition coefficient (Wildman–Crippen LogP) is 1.96. The smallest absolute Gasteiger partial charge is 0.262 e. The van der Waals surface area contributed by atoms with Gasteiger partial charge in [0.05, 0.1) is 5.69 Å². The van der Waals surface area contributed by atoms with Crippen molar-refractivity contribution in [3.8, 4) is 5.75 Å². The van der Waals surface area contributed by atoms with Crippen molar-refractivity contribution in [1.82, 2.24) is 5.32 Å². The Morgan fingerprint density at radius 3 is 3.20 bits per heavy atom. The molecule has 6 heteroatoms. The molecule has 3 rings (SSSR count). The van der Waals surface area contributed by atoms with Gasteiger partial charge in [-0.1, -0.05) is 6.07 Å². The number of carbonyl (C=O) groups excluding carboxylic acids is 1. The molecule has 2 aliphatic rings. The second-order valence-electron chi connectivity index (χ2n) is 4.87. The molecule has 0 saturated carbocycles. The van der Waals surface area contributed by atoms with Gasteiger partial charge in [-0.25, -0.2) is 0 Å². The number of fused-ring (bicyclic) bond motifs is 1. The molecule has 2 aliphatic heterocycles. The summed E-state index contributed by atoms with van der Waals surface area (Å²) in [6.45, 7) is 1.98. The molecular weight excluding hydrogens is 292 g/mol. The maximum atomic E-state index is 11.3. The van der Waals surface area contributed by atoms with E-state index in [4.69, 9.17) is 4.74 Å². The molecule has 1 amide bonds. The summed E-state index contributed by atoms with van der Waals surface area (Å²) in [6.07, 6.45) is 0. The lowest BCUT2D eigenvalue weighted by Gasteiger charge is -2.22. The van der Waals surface area contributed by atoms with Crippen molar-refractivity contribution in [2.24, 2.45) is 0 Å². The van der Waals surface area contributed by atoms with Crippen LogP contribution in [0.3, 0.4) is 0 Å². The number of carbonyl (C=O) groups is 1. The first-order valence-electron chi connectivity index (χ1n) is 6.77. The van der Waals surface area contributed by atoms with Gasteiger partial charge in [0.25, 0.3) is 5.91 Å². The van der Waals surface area contributed by atoms with Gasteiger partial charge < -0.3 is 15.4 Å². The van der Waals surface area contributed by atoms with E-state index in [2.05, 4.69) is 22.4 Å². The minimum Gasteiger partial charge on any atom is -0.482 e. The molecule has 108 valence electrons. The van der Waals surface area contributed by atoms with Crippen LogP contribution in [0.25, 0.3) is 0 Å². The van der Waals surface area contributed by atoms with Gasteiger partial charge in [-0.05, 0) is 17.7 Å². The van der Waals surface area contributed by atoms with Crippen molar-refractivity contribution in [2.75, 3.05) is 35.7 Å². The number of amides is 1. The first kappa shape index (κ1) is 14.1. The monoisotopic (exact) mass is 310 g/mol. The number of nitrogens with one attached hydrogen (secondary N) is 2. The first-order valence-corrected chi connectivity index (χ1v) is 8.97. The Morgan fingerprint density at radius 2 is 2.35 bits per heavy atom. The molecule has 1 fully saturated rings. The summed E-state index contributed by atoms with van der Waals surface area (Å²) in [7, 11) is 0. The highest BCUT2D eigenvalue weighted by molar-refractivity contribution is 8.06. The summed E-state index contributed by atoms with van der Waals surface area (Å²) in [6, 6.07) is 5.96. The standard InChI is InChI=1S/C14H18N2O2S2/c17-14-8-18-13-2-1-10(5-12(13)16-14)6-15-7-11-9-19-3-4-20-11/h1-2,5,11,15H,3-4,6-9H2,(H,16,17). The molecule has 0 aromatic heterocycles. The molecule has 2 N–H and O–H groups in total. The van der Waals surface area contributed by atoms with Crippen LogP contribution < -0.4 is 15.4 Å². The Kier molecular flexibility index (Phi) is 4.75. The Bertz CT molecular complexity index is 490. The topological polar surface area (TPSA) is 50.4 Å². The quantitative estimate of drug-likeness (QED) is 0.890. The largest absolute Gasteiger partial charge is 0.482 e. The lowest BCUT2D eigenvalue weighted by atomic mass is 10.1. The van der Waals surface area contributed by atoms with Crippen LogP contribution in [-0.2, 0) is 11.3 Å². The first-order chi connectivity index (χ1) is 9.81. The summed E-state index contributed by atoms with van der Waals surface area (Å²) in [4.78, 5) is 11.3. The third kappa shape index (κ3) is 3.62. The van der Waals surface area contributed by atoms with E-state index in [-0.39, 0.29) is 12.5 Å². The Labute approximate surface area is 127 Å². The van der Waals surface area contributed by atoms with Crippen molar-refractivity contribution in [3.05, 3.63) is 23.8 Å². The number of rotatable bonds is 4. The summed E-state index contributed by atoms with van der Waals surface area (Å²) in [5.41, 5.74) is 1.95. The van der Waals surface area contributed by atoms with E-state index in [0.717, 1.165) is 29.8 Å². The lowest BCUT2D eigenvalue weighted by Crippen LogP contribution is -2.29. The maximum Gasteiger partial charge on any atom is 0.262 e. The molecule has 1 saturated heterocycles. The number of hydrogen-bond donors (Lipinski definition) is 2. The zero-order valence-corrected chi connectivity index (χ0v) is 12.8. The Morgan fingerprint density at radius 1 is 1.40 bits per heavy atom. The van der Waals surface area contributed by atoms with Crippen molar-refractivity contribution in [3.63, 3.8) is 0 Å². The summed E-state index contributed by atoms with van der Waals surface area (Å²) in [5.74, 6) is 4.46. The van der Waals surface area contributed by atoms with E-state index in [1.807, 2.05) is 30.0 Å². The highest BCUT2D eigenvalue weighted by Crippen LogP contribution is 2.28. The summed E-state index contributed by atoms with van der Waals surface area (Å²) >= 11 is 4.10. The van der Waals surface area contributed by atoms with Gasteiger partial charge in [0.1, 0.15) is 5.75 Å². The fraction of sp³-hybridized carbons (Fsp3) is 0.500. The molecule has 2 heterocycles. The third-order valence-electron chi connectivity index (χ3n) is 3.26. The van der Waals surface area contributed by atoms with Crippen LogP contribution in [-0.4, -0.2) is 41.6 Å². The minimum absolute atomic E-state index is 0.0850. The average molecular weight is 310 g/mol. The minimum atomic E-state index is -0.0850. The van der Waals surface area contributed by atoms with Crippen LogP contribution in [0.2, 0.25) is 0 Å². The van der Waals surface area contributed by atoms with Crippen molar-refractivity contribution < 1.29 is 9.53 Å². The van der Waals surface area contributed by atoms with Crippen LogP contribution >= 0.6 is 23.5 Å². The van der Waals surface area contributed by atoms with Crippen molar-refractivity contribution >= 4 is 35.1 Å². The molecule has 1 atom stereocenters. The molecule has 0 bridgehead atoms. The fourth-order valence-corrected chi connectivity index (χ4v) is 4.92. The zero-order chi connectivity index (χ0) is 13.8. The second-order valence-corrected chi connectivity index (χ2v) is 7.42. The number of benzene rings is 1. The zero-order valence-electron chi connectivity index (χ0n) is 11.2. The van der Waals surface area contributed by atoms with Crippen molar-refractivity contribution in [1.29, 1.82) is 0 Å². The molecule has 20 heavy (non-hydrogen) atoms. The molecule has 1 unspecified atom stereocenters. The van der Waals surface area contributed by atoms with Gasteiger partial charge in [0.15, 0.2) is 6.61 Å². The van der Waals surface area contributed by atoms with Gasteiger partial charge in [-0.15, -0.1) is 0 Å². The average Bonchev–Trinajstić information content (AvgIpc) is 2.48. The Balaban J connectivity index is 1.52. The van der Waals surface area contributed by atoms with Crippen LogP contribution in [0.5, 0.6) is 5.75 Å². The molecule has 1 aromatic carbocycles. The molecule has 0 spiro atoms. The molecule has 1 aromatic rings. The van der Waals surface area contributed by atoms with E-state index in [1.54, 1.807) is 0 Å². The number of anilines is 1. The Hall–Kier alpha value is -0.850. The van der Waals surface area contributed by atoms with E-state index >= 15 is 0 Å². The molecule has 0 aliphatic carbocycles. The number of ether oxygens (including phenoxy) is 1. The molecule has 0 radical (unpaired) electrons. The van der Waals surface area contributed by atoms with E-state index in [1.165, 1.54) is 22.8 Å². The van der Waals surface area contributed by atoms with Crippen molar-refractivity contribution in [2.45, 2.75) is 11.8 Å². The number of thioether (sulfide) groups is 2. The van der Waals surface area contributed by atoms with E-state index in [0.29, 0.717) is 0 Å². The van der Waals surface area contributed by atoms with Crippen LogP contribution in [0.1, 0.15) is 5.56 Å². The van der Waals surface area contributed by atoms with E-state index < -0.39 is 0 Å². The van der Waals surface area contributed by atoms with Crippen LogP contribution in [0, 0.1) is 0 Å². The molecule has 4 nitrogen and oxygen atoms in total. The second kappa shape index (κ2) is 6.74. The summed E-state index contributed by atoms with van der Waals surface area (Å²) < 4.78 is 5.35. The SMILES string of the molecule is O=C1COc2ccc(CNCC3CSCCS3)cc2N1. The number of hydrogen-bond acceptors (Lipinski definition) is 5. The maximum absolute atomic E-state index is 11.3. The van der Waals surface area contributed by atoms with Gasteiger partial charge in [-0.3, -0.25) is 4.79 Å². The normalized spacial score (nSPS) is 21.8. The summed E-state index contributed by atoms with van der Waals surface area (Å²) in [5, 5.41) is 7.06. The highest BCUT2D eigenvalue weighted by atomic mass is 32.2. The van der Waals surface area contributed by atoms with E-state index in [9.17, 15) is 4.79 Å². The lowest BCUT2D eigenvalue weighted by molar-refractivity contribution is -0.118.